The Morgan fingerprint density at radius 3 is 2.86 bits per heavy atom. The van der Waals surface area contributed by atoms with Gasteiger partial charge >= 0.3 is 0 Å². The Bertz CT molecular complexity index is 632. The Hall–Kier alpha value is -2.85. The van der Waals surface area contributed by atoms with Crippen LogP contribution in [0.25, 0.3) is 0 Å². The summed E-state index contributed by atoms with van der Waals surface area (Å²) in [4.78, 5) is 13.3. The zero-order valence-corrected chi connectivity index (χ0v) is 11.3. The van der Waals surface area contributed by atoms with E-state index in [2.05, 4.69) is 11.2 Å². The van der Waals surface area contributed by atoms with Crippen LogP contribution >= 0.6 is 0 Å². The fourth-order valence-corrected chi connectivity index (χ4v) is 1.88. The summed E-state index contributed by atoms with van der Waals surface area (Å²) in [6.07, 6.45) is 0.388. The number of hydrogen-bond donors (Lipinski definition) is 2. The number of anilines is 1. The van der Waals surface area contributed by atoms with Crippen LogP contribution in [0.5, 0.6) is 0 Å². The molecule has 0 aliphatic carbocycles. The van der Waals surface area contributed by atoms with Crippen LogP contribution in [-0.4, -0.2) is 17.6 Å². The number of hydrazine groups is 1. The van der Waals surface area contributed by atoms with Crippen molar-refractivity contribution in [3.05, 3.63) is 47.9 Å². The Labute approximate surface area is 121 Å². The van der Waals surface area contributed by atoms with Gasteiger partial charge in [-0.25, -0.2) is 5.84 Å². The van der Waals surface area contributed by atoms with E-state index in [0.717, 1.165) is 5.69 Å². The molecule has 1 amide bonds. The number of nitriles is 1. The highest BCUT2D eigenvalue weighted by Gasteiger charge is 2.14. The summed E-state index contributed by atoms with van der Waals surface area (Å²) in [5.74, 6) is 5.06. The first-order chi connectivity index (χ1) is 10.2. The van der Waals surface area contributed by atoms with Gasteiger partial charge in [-0.3, -0.25) is 10.2 Å². The molecule has 0 bridgehead atoms. The molecule has 0 aliphatic rings. The van der Waals surface area contributed by atoms with Crippen molar-refractivity contribution in [1.82, 2.24) is 10.6 Å². The van der Waals surface area contributed by atoms with Crippen LogP contribution in [0, 0.1) is 11.3 Å². The molecule has 7 heteroatoms. The number of hydrogen-bond acceptors (Lipinski definition) is 6. The molecule has 0 radical (unpaired) electrons. The molecule has 0 unspecified atom stereocenters. The van der Waals surface area contributed by atoms with Gasteiger partial charge in [0.05, 0.1) is 19.0 Å². The van der Waals surface area contributed by atoms with Crippen molar-refractivity contribution in [2.24, 2.45) is 5.84 Å². The zero-order chi connectivity index (χ0) is 15.1. The maximum Gasteiger partial charge on any atom is 0.287 e. The highest BCUT2D eigenvalue weighted by molar-refractivity contribution is 5.91. The molecule has 21 heavy (non-hydrogen) atoms. The second-order valence-electron chi connectivity index (χ2n) is 4.32. The third-order valence-electron chi connectivity index (χ3n) is 2.88. The van der Waals surface area contributed by atoms with E-state index in [1.54, 1.807) is 0 Å². The van der Waals surface area contributed by atoms with Gasteiger partial charge in [-0.15, -0.1) is 0 Å². The molecule has 1 heterocycles. The molecular weight excluding hydrogens is 270 g/mol. The van der Waals surface area contributed by atoms with Crippen molar-refractivity contribution in [2.75, 3.05) is 11.4 Å². The molecule has 0 saturated carbocycles. The number of nitrogens with zero attached hydrogens (tertiary/aromatic N) is 3. The van der Waals surface area contributed by atoms with Gasteiger partial charge in [0.2, 0.25) is 0 Å². The third kappa shape index (κ3) is 3.81. The normalized spacial score (nSPS) is 9.90. The summed E-state index contributed by atoms with van der Waals surface area (Å²) in [7, 11) is 0. The Morgan fingerprint density at radius 1 is 1.43 bits per heavy atom. The lowest BCUT2D eigenvalue weighted by molar-refractivity contribution is 0.0944. The lowest BCUT2D eigenvalue weighted by Gasteiger charge is -2.22. The number of rotatable bonds is 6. The molecule has 0 saturated heterocycles. The second kappa shape index (κ2) is 7.07. The van der Waals surface area contributed by atoms with Gasteiger partial charge in [-0.05, 0) is 12.1 Å². The van der Waals surface area contributed by atoms with Gasteiger partial charge in [-0.2, -0.15) is 5.26 Å². The summed E-state index contributed by atoms with van der Waals surface area (Å²) < 4.78 is 5.13. The van der Waals surface area contributed by atoms with Gasteiger partial charge in [0.1, 0.15) is 0 Å². The Balaban J connectivity index is 2.13. The minimum Gasteiger partial charge on any atom is -0.363 e. The van der Waals surface area contributed by atoms with Crippen LogP contribution in [0.2, 0.25) is 0 Å². The average Bonchev–Trinajstić information content (AvgIpc) is 3.00. The largest absolute Gasteiger partial charge is 0.363 e. The Morgan fingerprint density at radius 2 is 2.19 bits per heavy atom. The van der Waals surface area contributed by atoms with Crippen molar-refractivity contribution >= 4 is 11.6 Å². The summed E-state index contributed by atoms with van der Waals surface area (Å²) >= 11 is 0. The molecule has 0 aliphatic heterocycles. The molecule has 0 spiro atoms. The molecule has 3 N–H and O–H groups in total. The molecule has 7 nitrogen and oxygen atoms in total. The number of para-hydroxylation sites is 1. The highest BCUT2D eigenvalue weighted by atomic mass is 16.5. The zero-order valence-electron chi connectivity index (χ0n) is 11.3. The number of benzene rings is 1. The second-order valence-corrected chi connectivity index (χ2v) is 4.32. The molecule has 108 valence electrons. The van der Waals surface area contributed by atoms with Crippen molar-refractivity contribution in [1.29, 1.82) is 5.26 Å². The van der Waals surface area contributed by atoms with Gasteiger partial charge in [0, 0.05) is 18.3 Å². The molecule has 2 rings (SSSR count). The number of amides is 1. The van der Waals surface area contributed by atoms with E-state index in [4.69, 9.17) is 15.6 Å². The van der Waals surface area contributed by atoms with E-state index < -0.39 is 5.91 Å². The standard InChI is InChI=1S/C14H15N5O2/c15-7-4-8-19(11-5-2-1-3-6-11)10-12-9-13(18-21-12)14(20)17-16/h1-3,5-6,9H,4,8,10,16H2,(H,17,20). The van der Waals surface area contributed by atoms with E-state index >= 15 is 0 Å². The van der Waals surface area contributed by atoms with Gasteiger partial charge in [-0.1, -0.05) is 23.4 Å². The topological polar surface area (TPSA) is 108 Å². The minimum absolute atomic E-state index is 0.126. The first-order valence-electron chi connectivity index (χ1n) is 6.38. The molecule has 2 aromatic rings. The van der Waals surface area contributed by atoms with Crippen LogP contribution in [0.15, 0.2) is 40.9 Å². The van der Waals surface area contributed by atoms with E-state index in [9.17, 15) is 4.79 Å². The quantitative estimate of drug-likeness (QED) is 0.469. The van der Waals surface area contributed by atoms with Gasteiger partial charge in [0.15, 0.2) is 11.5 Å². The smallest absolute Gasteiger partial charge is 0.287 e. The van der Waals surface area contributed by atoms with Crippen LogP contribution < -0.4 is 16.2 Å². The maximum absolute atomic E-state index is 11.3. The molecule has 1 aromatic carbocycles. The predicted molar refractivity (Wildman–Crippen MR) is 75.9 cm³/mol. The lowest BCUT2D eigenvalue weighted by Crippen LogP contribution is -2.30. The van der Waals surface area contributed by atoms with Crippen LogP contribution in [0.4, 0.5) is 5.69 Å². The Kier molecular flexibility index (Phi) is 4.90. The van der Waals surface area contributed by atoms with Crippen LogP contribution in [0.1, 0.15) is 22.7 Å². The fourth-order valence-electron chi connectivity index (χ4n) is 1.88. The van der Waals surface area contributed by atoms with Gasteiger partial charge in [0.25, 0.3) is 5.91 Å². The van der Waals surface area contributed by atoms with Crippen LogP contribution in [0.3, 0.4) is 0 Å². The first-order valence-corrected chi connectivity index (χ1v) is 6.38. The summed E-state index contributed by atoms with van der Waals surface area (Å²) in [5, 5.41) is 12.4. The fraction of sp³-hybridized carbons (Fsp3) is 0.214. The SMILES string of the molecule is N#CCCN(Cc1cc(C(=O)NN)no1)c1ccccc1. The van der Waals surface area contributed by atoms with Crippen molar-refractivity contribution < 1.29 is 9.32 Å². The van der Waals surface area contributed by atoms with Gasteiger partial charge < -0.3 is 9.42 Å². The minimum atomic E-state index is -0.506. The van der Waals surface area contributed by atoms with E-state index in [0.29, 0.717) is 25.3 Å². The van der Waals surface area contributed by atoms with E-state index in [1.165, 1.54) is 6.07 Å². The molecule has 0 atom stereocenters. The number of carbonyl (C=O) groups excluding carboxylic acids is 1. The van der Waals surface area contributed by atoms with Crippen LogP contribution in [-0.2, 0) is 6.54 Å². The highest BCUT2D eigenvalue weighted by Crippen LogP contribution is 2.17. The summed E-state index contributed by atoms with van der Waals surface area (Å²) in [5.41, 5.74) is 3.09. The number of aromatic nitrogens is 1. The molecular formula is C14H15N5O2. The monoisotopic (exact) mass is 285 g/mol. The molecule has 0 fully saturated rings. The third-order valence-corrected chi connectivity index (χ3v) is 2.88. The first kappa shape index (κ1) is 14.6. The van der Waals surface area contributed by atoms with Crippen molar-refractivity contribution in [3.8, 4) is 6.07 Å². The lowest BCUT2D eigenvalue weighted by atomic mass is 10.2. The number of carbonyl (C=O) groups is 1. The van der Waals surface area contributed by atoms with Crippen molar-refractivity contribution in [2.45, 2.75) is 13.0 Å². The average molecular weight is 285 g/mol. The maximum atomic E-state index is 11.3. The predicted octanol–water partition coefficient (Wildman–Crippen LogP) is 1.20. The number of nitrogen functional groups attached to an aromatic ring is 1. The summed E-state index contributed by atoms with van der Waals surface area (Å²) in [6, 6.07) is 13.3. The van der Waals surface area contributed by atoms with E-state index in [-0.39, 0.29) is 5.69 Å². The number of nitrogens with two attached hydrogens (primary N) is 1. The molecule has 1 aromatic heterocycles. The van der Waals surface area contributed by atoms with E-state index in [1.807, 2.05) is 40.7 Å². The van der Waals surface area contributed by atoms with Crippen molar-refractivity contribution in [3.63, 3.8) is 0 Å². The number of nitrogens with one attached hydrogen (secondary N) is 1. The summed E-state index contributed by atoms with van der Waals surface area (Å²) in [6.45, 7) is 0.968.